The van der Waals surface area contributed by atoms with Gasteiger partial charge in [0.2, 0.25) is 0 Å². The summed E-state index contributed by atoms with van der Waals surface area (Å²) in [5, 5.41) is 26.9. The molecular weight excluding hydrogens is 404 g/mol. The van der Waals surface area contributed by atoms with E-state index < -0.39 is 0 Å². The molecule has 0 atom stereocenters. The molecule has 0 aromatic heterocycles. The van der Waals surface area contributed by atoms with Crippen molar-refractivity contribution in [2.45, 2.75) is 26.7 Å². The first-order valence-corrected chi connectivity index (χ1v) is 10.3. The minimum atomic E-state index is 0.0413. The highest BCUT2D eigenvalue weighted by atomic mass is 17.5. The molecule has 3 N–H and O–H groups in total. The number of ether oxygens (including phenoxy) is 6. The minimum Gasteiger partial charge on any atom is -0.394 e. The maximum Gasteiger partial charge on any atom is 0.0744 e. The van der Waals surface area contributed by atoms with Gasteiger partial charge in [0, 0.05) is 13.2 Å². The molecule has 0 saturated carbocycles. The molecule has 0 bridgehead atoms. The van der Waals surface area contributed by atoms with Gasteiger partial charge < -0.3 is 38.6 Å². The fourth-order valence-corrected chi connectivity index (χ4v) is 1.50. The van der Waals surface area contributed by atoms with Crippen molar-refractivity contribution in [3.05, 3.63) is 0 Å². The number of rotatable bonds is 21. The predicted octanol–water partition coefficient (Wildman–Crippen LogP) is 0.914. The molecule has 0 aliphatic carbocycles. The van der Waals surface area contributed by atoms with Gasteiger partial charge in [-0.2, -0.15) is 0 Å². The summed E-state index contributed by atoms with van der Waals surface area (Å²) >= 11 is 0. The monoisotopic (exact) mass is 448 g/mol. The number of aliphatic hydroxyl groups is 2. The van der Waals surface area contributed by atoms with Crippen molar-refractivity contribution in [3.8, 4) is 0 Å². The third-order valence-corrected chi connectivity index (χ3v) is 2.73. The molecule has 0 amide bonds. The quantitative estimate of drug-likeness (QED) is 0.131. The van der Waals surface area contributed by atoms with E-state index >= 15 is 0 Å². The Labute approximate surface area is 180 Å². The van der Waals surface area contributed by atoms with E-state index in [0.717, 1.165) is 26.1 Å². The molecule has 186 valence electrons. The number of aliphatic hydroxyl groups excluding tert-OH is 2. The zero-order valence-corrected chi connectivity index (χ0v) is 18.9. The Hall–Kier alpha value is -0.440. The molecule has 0 aliphatic rings. The zero-order valence-electron chi connectivity index (χ0n) is 18.9. The molecule has 11 nitrogen and oxygen atoms in total. The normalized spacial score (nSPS) is 10.2. The molecule has 0 fully saturated rings. The van der Waals surface area contributed by atoms with Gasteiger partial charge in [0.25, 0.3) is 0 Å². The summed E-state index contributed by atoms with van der Waals surface area (Å²) in [6.45, 7) is 11.4. The summed E-state index contributed by atoms with van der Waals surface area (Å²) in [6.07, 6.45) is 2.14. The van der Waals surface area contributed by atoms with Gasteiger partial charge in [0.1, 0.15) is 0 Å². The van der Waals surface area contributed by atoms with Gasteiger partial charge in [0.05, 0.1) is 86.4 Å². The summed E-state index contributed by atoms with van der Waals surface area (Å²) in [6, 6.07) is 0. The fourth-order valence-electron chi connectivity index (χ4n) is 1.50. The first kappa shape index (κ1) is 34.2. The van der Waals surface area contributed by atoms with Crippen molar-refractivity contribution < 1.29 is 53.8 Å². The van der Waals surface area contributed by atoms with Crippen LogP contribution in [0.15, 0.2) is 0 Å². The molecule has 0 radical (unpaired) electrons. The second-order valence-electron chi connectivity index (χ2n) is 5.36. The van der Waals surface area contributed by atoms with Gasteiger partial charge in [-0.15, -0.1) is 0 Å². The second kappa shape index (κ2) is 39.1. The van der Waals surface area contributed by atoms with E-state index in [1.807, 2.05) is 0 Å². The smallest absolute Gasteiger partial charge is 0.0744 e. The van der Waals surface area contributed by atoms with Crippen molar-refractivity contribution in [1.29, 1.82) is 0 Å². The van der Waals surface area contributed by atoms with Gasteiger partial charge >= 0.3 is 0 Å². The van der Waals surface area contributed by atoms with Crippen LogP contribution in [0.25, 0.3) is 0 Å². The van der Waals surface area contributed by atoms with Crippen LogP contribution in [-0.4, -0.2) is 115 Å². The van der Waals surface area contributed by atoms with Crippen molar-refractivity contribution in [1.82, 2.24) is 0 Å². The molecule has 0 rings (SSSR count). The lowest BCUT2D eigenvalue weighted by Gasteiger charge is -2.05. The molecule has 0 spiro atoms. The average molecular weight is 449 g/mol. The van der Waals surface area contributed by atoms with E-state index in [-0.39, 0.29) is 13.2 Å². The Kier molecular flexibility index (Phi) is 44.5. The first-order chi connectivity index (χ1) is 14.7. The van der Waals surface area contributed by atoms with Crippen LogP contribution in [0.1, 0.15) is 26.7 Å². The van der Waals surface area contributed by atoms with E-state index in [4.69, 9.17) is 43.9 Å². The van der Waals surface area contributed by atoms with Gasteiger partial charge in [0.15, 0.2) is 0 Å². The number of hydrogen-bond donors (Lipinski definition) is 3. The van der Waals surface area contributed by atoms with E-state index in [2.05, 4.69) is 23.8 Å². The Morgan fingerprint density at radius 1 is 0.467 bits per heavy atom. The summed E-state index contributed by atoms with van der Waals surface area (Å²) < 4.78 is 30.8. The topological polar surface area (TPSA) is 135 Å². The van der Waals surface area contributed by atoms with Crippen LogP contribution in [0.5, 0.6) is 0 Å². The molecule has 0 aromatic carbocycles. The lowest BCUT2D eigenvalue weighted by molar-refractivity contribution is -0.479. The van der Waals surface area contributed by atoms with Gasteiger partial charge in [-0.25, -0.2) is 10.1 Å². The second-order valence-corrected chi connectivity index (χ2v) is 5.36. The zero-order chi connectivity index (χ0) is 23.0. The van der Waals surface area contributed by atoms with Crippen molar-refractivity contribution in [2.24, 2.45) is 0 Å². The van der Waals surface area contributed by atoms with Crippen LogP contribution in [-0.2, 0) is 38.3 Å². The average Bonchev–Trinajstić information content (AvgIpc) is 2.77. The summed E-state index contributed by atoms with van der Waals surface area (Å²) in [7, 11) is 1.21. The van der Waals surface area contributed by atoms with Crippen LogP contribution < -0.4 is 0 Å². The molecule has 0 saturated heterocycles. The fraction of sp³-hybridized carbons (Fsp3) is 1.00. The third kappa shape index (κ3) is 46.0. The first-order valence-electron chi connectivity index (χ1n) is 10.3. The Bertz CT molecular complexity index is 205. The highest BCUT2D eigenvalue weighted by molar-refractivity contribution is 4.34. The van der Waals surface area contributed by atoms with E-state index in [9.17, 15) is 0 Å². The van der Waals surface area contributed by atoms with Crippen LogP contribution in [0.4, 0.5) is 0 Å². The largest absolute Gasteiger partial charge is 0.394 e. The standard InChI is InChI=1S/C10H22O3.C8H18O5.CH4O3/c1-3-5-11-7-9-13-10-8-12-6-4-2;9-1-3-11-5-7-13-8-6-12-4-2-10;1-3-4-2/h3-10H2,1-2H3;9-10H,1-8H2;2H,1H3. The number of hydrogen-bond acceptors (Lipinski definition) is 11. The lowest BCUT2D eigenvalue weighted by Crippen LogP contribution is -2.11. The minimum absolute atomic E-state index is 0.0413. The molecule has 0 unspecified atom stereocenters. The van der Waals surface area contributed by atoms with Crippen LogP contribution >= 0.6 is 0 Å². The Morgan fingerprint density at radius 2 is 0.700 bits per heavy atom. The Morgan fingerprint density at radius 3 is 0.900 bits per heavy atom. The molecule has 0 aliphatic heterocycles. The van der Waals surface area contributed by atoms with Gasteiger partial charge in [-0.05, 0) is 12.8 Å². The van der Waals surface area contributed by atoms with Crippen LogP contribution in [0.3, 0.4) is 0 Å². The predicted molar refractivity (Wildman–Crippen MR) is 110 cm³/mol. The molecule has 0 heterocycles. The van der Waals surface area contributed by atoms with E-state index in [0.29, 0.717) is 66.1 Å². The summed E-state index contributed by atoms with van der Waals surface area (Å²) in [4.78, 5) is 3.60. The van der Waals surface area contributed by atoms with Gasteiger partial charge in [-0.1, -0.05) is 18.9 Å². The van der Waals surface area contributed by atoms with E-state index in [1.54, 1.807) is 0 Å². The van der Waals surface area contributed by atoms with Crippen LogP contribution in [0.2, 0.25) is 0 Å². The maximum atomic E-state index is 8.36. The molecule has 30 heavy (non-hydrogen) atoms. The molecule has 0 aromatic rings. The molecular formula is C19H44O11. The highest BCUT2D eigenvalue weighted by Crippen LogP contribution is 1.84. The van der Waals surface area contributed by atoms with Crippen molar-refractivity contribution in [3.63, 3.8) is 0 Å². The van der Waals surface area contributed by atoms with Crippen molar-refractivity contribution in [2.75, 3.05) is 99.6 Å². The maximum absolute atomic E-state index is 8.36. The van der Waals surface area contributed by atoms with Crippen molar-refractivity contribution >= 4 is 0 Å². The lowest BCUT2D eigenvalue weighted by atomic mass is 10.5. The van der Waals surface area contributed by atoms with Crippen LogP contribution in [0, 0.1) is 0 Å². The SMILES string of the molecule is CCCOCCOCCOCCC.COOO.OCCOCCOCCOCCO. The molecule has 11 heteroatoms. The highest BCUT2D eigenvalue weighted by Gasteiger charge is 1.90. The van der Waals surface area contributed by atoms with E-state index in [1.165, 1.54) is 7.11 Å². The Balaban J connectivity index is -0.000000412. The summed E-state index contributed by atoms with van der Waals surface area (Å²) in [5.74, 6) is 0. The summed E-state index contributed by atoms with van der Waals surface area (Å²) in [5.41, 5.74) is 0. The van der Waals surface area contributed by atoms with Gasteiger partial charge in [-0.3, -0.25) is 0 Å². The third-order valence-electron chi connectivity index (χ3n) is 2.73.